The molecule has 0 aliphatic heterocycles. The quantitative estimate of drug-likeness (QED) is 0.663. The van der Waals surface area contributed by atoms with Crippen LogP contribution >= 0.6 is 0 Å². The van der Waals surface area contributed by atoms with Gasteiger partial charge in [-0.15, -0.1) is 0 Å². The third-order valence-corrected chi connectivity index (χ3v) is 2.89. The third-order valence-electron chi connectivity index (χ3n) is 2.89. The van der Waals surface area contributed by atoms with Crippen LogP contribution in [0.5, 0.6) is 0 Å². The molecule has 2 aromatic rings. The Balaban J connectivity index is 2.43. The molecule has 102 valence electrons. The first-order valence-corrected chi connectivity index (χ1v) is 6.11. The predicted molar refractivity (Wildman–Crippen MR) is 81.1 cm³/mol. The van der Waals surface area contributed by atoms with Gasteiger partial charge in [0.05, 0.1) is 11.1 Å². The van der Waals surface area contributed by atoms with Crippen LogP contribution in [0.3, 0.4) is 0 Å². The van der Waals surface area contributed by atoms with Gasteiger partial charge in [-0.1, -0.05) is 41.9 Å². The van der Waals surface area contributed by atoms with Crippen LogP contribution in [0.2, 0.25) is 0 Å². The Morgan fingerprint density at radius 2 is 1.71 bits per heavy atom. The summed E-state index contributed by atoms with van der Waals surface area (Å²) in [4.78, 5) is 22.1. The molecule has 5 heteroatoms. The molecular weight excluding hydrogens is 267 g/mol. The van der Waals surface area contributed by atoms with Gasteiger partial charge in [-0.3, -0.25) is 0 Å². The highest BCUT2D eigenvalue weighted by atomic mass is 16.4. The molecular formula is C16H11BO4. The van der Waals surface area contributed by atoms with Crippen LogP contribution in [-0.2, 0) is 0 Å². The van der Waals surface area contributed by atoms with Gasteiger partial charge in [0.2, 0.25) is 0 Å². The van der Waals surface area contributed by atoms with Gasteiger partial charge < -0.3 is 10.2 Å². The van der Waals surface area contributed by atoms with Crippen molar-refractivity contribution in [2.45, 2.75) is 0 Å². The van der Waals surface area contributed by atoms with E-state index in [2.05, 4.69) is 0 Å². The lowest BCUT2D eigenvalue weighted by atomic mass is 9.94. The van der Waals surface area contributed by atoms with Crippen LogP contribution in [0.4, 0.5) is 0 Å². The van der Waals surface area contributed by atoms with Gasteiger partial charge in [-0.05, 0) is 29.3 Å². The summed E-state index contributed by atoms with van der Waals surface area (Å²) in [7, 11) is 5.66. The monoisotopic (exact) mass is 278 g/mol. The molecule has 0 unspecified atom stereocenters. The van der Waals surface area contributed by atoms with Gasteiger partial charge in [0.25, 0.3) is 0 Å². The maximum atomic E-state index is 11.2. The molecule has 2 radical (unpaired) electrons. The molecule has 2 N–H and O–H groups in total. The van der Waals surface area contributed by atoms with Crippen LogP contribution in [0.1, 0.15) is 31.8 Å². The highest BCUT2D eigenvalue weighted by Gasteiger charge is 2.11. The van der Waals surface area contributed by atoms with Gasteiger partial charge in [0, 0.05) is 0 Å². The van der Waals surface area contributed by atoms with Crippen molar-refractivity contribution in [1.82, 2.24) is 0 Å². The summed E-state index contributed by atoms with van der Waals surface area (Å²) in [5, 5.41) is 18.1. The molecule has 2 aromatic carbocycles. The number of carbonyl (C=O) groups is 2. The summed E-state index contributed by atoms with van der Waals surface area (Å²) in [6.45, 7) is 0. The minimum Gasteiger partial charge on any atom is -0.478 e. The smallest absolute Gasteiger partial charge is 0.336 e. The van der Waals surface area contributed by atoms with E-state index in [1.165, 1.54) is 18.2 Å². The van der Waals surface area contributed by atoms with Crippen molar-refractivity contribution in [3.05, 3.63) is 64.7 Å². The van der Waals surface area contributed by atoms with Gasteiger partial charge in [-0.25, -0.2) is 9.59 Å². The van der Waals surface area contributed by atoms with Gasteiger partial charge in [-0.2, -0.15) is 0 Å². The standard InChI is InChI=1S/C16H11BO4/c17-13-3-1-2-10(8-13)4-5-11-9-12(15(18)19)6-7-14(11)16(20)21/h1-9H,(H,18,19)(H,20,21)/b5-4+. The highest BCUT2D eigenvalue weighted by molar-refractivity contribution is 6.32. The Kier molecular flexibility index (Phi) is 4.23. The van der Waals surface area contributed by atoms with Crippen molar-refractivity contribution in [2.75, 3.05) is 0 Å². The fourth-order valence-corrected chi connectivity index (χ4v) is 1.88. The molecule has 0 aliphatic carbocycles. The molecule has 21 heavy (non-hydrogen) atoms. The average Bonchev–Trinajstić information content (AvgIpc) is 2.44. The molecule has 0 aliphatic rings. The first kappa shape index (κ1) is 14.6. The topological polar surface area (TPSA) is 74.6 Å². The number of carboxylic acids is 2. The molecule has 0 saturated carbocycles. The molecule has 0 heterocycles. The lowest BCUT2D eigenvalue weighted by molar-refractivity contribution is 0.0681. The first-order valence-electron chi connectivity index (χ1n) is 6.11. The van der Waals surface area contributed by atoms with E-state index < -0.39 is 11.9 Å². The number of benzene rings is 2. The molecule has 0 aromatic heterocycles. The number of hydrogen-bond acceptors (Lipinski definition) is 2. The lowest BCUT2D eigenvalue weighted by Crippen LogP contribution is -2.03. The molecule has 0 atom stereocenters. The van der Waals surface area contributed by atoms with E-state index >= 15 is 0 Å². The summed E-state index contributed by atoms with van der Waals surface area (Å²) in [6, 6.07) is 10.9. The Labute approximate surface area is 122 Å². The Morgan fingerprint density at radius 3 is 2.33 bits per heavy atom. The molecule has 0 amide bonds. The number of rotatable bonds is 4. The van der Waals surface area contributed by atoms with E-state index in [-0.39, 0.29) is 11.1 Å². The molecule has 0 bridgehead atoms. The van der Waals surface area contributed by atoms with Crippen molar-refractivity contribution in [3.8, 4) is 0 Å². The lowest BCUT2D eigenvalue weighted by Gasteiger charge is -2.03. The fourth-order valence-electron chi connectivity index (χ4n) is 1.88. The van der Waals surface area contributed by atoms with Crippen LogP contribution in [-0.4, -0.2) is 30.0 Å². The SMILES string of the molecule is [B]c1cccc(/C=C/c2cc(C(=O)O)ccc2C(=O)O)c1. The third kappa shape index (κ3) is 3.60. The van der Waals surface area contributed by atoms with Crippen molar-refractivity contribution in [2.24, 2.45) is 0 Å². The van der Waals surface area contributed by atoms with Crippen molar-refractivity contribution < 1.29 is 19.8 Å². The van der Waals surface area contributed by atoms with E-state index in [9.17, 15) is 9.59 Å². The van der Waals surface area contributed by atoms with Crippen molar-refractivity contribution in [1.29, 1.82) is 0 Å². The van der Waals surface area contributed by atoms with Crippen molar-refractivity contribution >= 4 is 37.4 Å². The first-order chi connectivity index (χ1) is 9.97. The zero-order chi connectivity index (χ0) is 15.4. The zero-order valence-corrected chi connectivity index (χ0v) is 11.0. The van der Waals surface area contributed by atoms with E-state index in [0.29, 0.717) is 11.0 Å². The summed E-state index contributed by atoms with van der Waals surface area (Å²) >= 11 is 0. The Morgan fingerprint density at radius 1 is 0.952 bits per heavy atom. The van der Waals surface area contributed by atoms with Crippen LogP contribution in [0, 0.1) is 0 Å². The van der Waals surface area contributed by atoms with E-state index in [4.69, 9.17) is 18.1 Å². The molecule has 2 rings (SSSR count). The highest BCUT2D eigenvalue weighted by Crippen LogP contribution is 2.16. The largest absolute Gasteiger partial charge is 0.478 e. The van der Waals surface area contributed by atoms with E-state index in [1.54, 1.807) is 30.4 Å². The van der Waals surface area contributed by atoms with Gasteiger partial charge in [0.1, 0.15) is 7.85 Å². The second kappa shape index (κ2) is 6.09. The predicted octanol–water partition coefficient (Wildman–Crippen LogP) is 2.05. The second-order valence-corrected chi connectivity index (χ2v) is 4.42. The molecule has 0 fully saturated rings. The zero-order valence-electron chi connectivity index (χ0n) is 11.0. The summed E-state index contributed by atoms with van der Waals surface area (Å²) in [5.74, 6) is -2.22. The number of aromatic carboxylic acids is 2. The van der Waals surface area contributed by atoms with Gasteiger partial charge >= 0.3 is 11.9 Å². The second-order valence-electron chi connectivity index (χ2n) is 4.42. The normalized spacial score (nSPS) is 10.7. The average molecular weight is 278 g/mol. The maximum Gasteiger partial charge on any atom is 0.336 e. The van der Waals surface area contributed by atoms with Crippen LogP contribution < -0.4 is 5.46 Å². The Bertz CT molecular complexity index is 735. The summed E-state index contributed by atoms with van der Waals surface area (Å²) in [5.41, 5.74) is 1.79. The molecule has 4 nitrogen and oxygen atoms in total. The maximum absolute atomic E-state index is 11.2. The van der Waals surface area contributed by atoms with Gasteiger partial charge in [0.15, 0.2) is 0 Å². The number of carboxylic acid groups (broad SMARTS) is 2. The number of hydrogen-bond donors (Lipinski definition) is 2. The Hall–Kier alpha value is -2.82. The fraction of sp³-hybridized carbons (Fsp3) is 0. The minimum atomic E-state index is -1.11. The van der Waals surface area contributed by atoms with E-state index in [1.807, 2.05) is 6.07 Å². The van der Waals surface area contributed by atoms with E-state index in [0.717, 1.165) is 5.56 Å². The van der Waals surface area contributed by atoms with Crippen LogP contribution in [0.25, 0.3) is 12.2 Å². The summed E-state index contributed by atoms with van der Waals surface area (Å²) < 4.78 is 0. The van der Waals surface area contributed by atoms with Crippen molar-refractivity contribution in [3.63, 3.8) is 0 Å². The summed E-state index contributed by atoms with van der Waals surface area (Å²) in [6.07, 6.45) is 3.24. The molecule has 0 spiro atoms. The minimum absolute atomic E-state index is 0.0345. The van der Waals surface area contributed by atoms with Crippen LogP contribution in [0.15, 0.2) is 42.5 Å². The molecule has 0 saturated heterocycles.